The lowest BCUT2D eigenvalue weighted by Crippen LogP contribution is -2.61. The van der Waals surface area contributed by atoms with Gasteiger partial charge in [-0.25, -0.2) is 4.79 Å². The van der Waals surface area contributed by atoms with Gasteiger partial charge in [-0.15, -0.1) is 0 Å². The van der Waals surface area contributed by atoms with Crippen molar-refractivity contribution < 1.29 is 32.3 Å². The number of hydrogen-bond acceptors (Lipinski definition) is 5. The highest BCUT2D eigenvalue weighted by Crippen LogP contribution is 2.32. The summed E-state index contributed by atoms with van der Waals surface area (Å²) in [7, 11) is 1.60. The van der Waals surface area contributed by atoms with Crippen LogP contribution in [0.2, 0.25) is 0 Å². The zero-order valence-electron chi connectivity index (χ0n) is 18.6. The van der Waals surface area contributed by atoms with Gasteiger partial charge in [-0.1, -0.05) is 25.0 Å². The molecule has 1 aromatic rings. The van der Waals surface area contributed by atoms with E-state index in [2.05, 4.69) is 5.32 Å². The van der Waals surface area contributed by atoms with Crippen molar-refractivity contribution in [3.05, 3.63) is 34.9 Å². The van der Waals surface area contributed by atoms with Gasteiger partial charge in [0.05, 0.1) is 31.3 Å². The minimum Gasteiger partial charge on any atom is -0.378 e. The summed E-state index contributed by atoms with van der Waals surface area (Å²) in [6, 6.07) is 3.70. The molecule has 2 atom stereocenters. The van der Waals surface area contributed by atoms with Crippen LogP contribution in [0, 0.1) is 5.41 Å². The molecule has 4 rings (SSSR count). The van der Waals surface area contributed by atoms with Gasteiger partial charge in [-0.3, -0.25) is 15.0 Å². The zero-order valence-corrected chi connectivity index (χ0v) is 18.6. The highest BCUT2D eigenvalue weighted by Gasteiger charge is 2.41. The quantitative estimate of drug-likeness (QED) is 0.451. The maximum atomic E-state index is 13.2. The van der Waals surface area contributed by atoms with E-state index in [-0.39, 0.29) is 41.3 Å². The van der Waals surface area contributed by atoms with Gasteiger partial charge >= 0.3 is 18.1 Å². The number of amides is 4. The summed E-state index contributed by atoms with van der Waals surface area (Å²) in [5, 5.41) is 12.4. The Morgan fingerprint density at radius 1 is 1.18 bits per heavy atom. The Morgan fingerprint density at radius 2 is 1.88 bits per heavy atom. The summed E-state index contributed by atoms with van der Waals surface area (Å²) < 4.78 is 42.7. The topological polar surface area (TPSA) is 115 Å². The fourth-order valence-electron chi connectivity index (χ4n) is 4.66. The van der Waals surface area contributed by atoms with E-state index < -0.39 is 17.9 Å². The zero-order chi connectivity index (χ0) is 24.6. The lowest BCUT2D eigenvalue weighted by Gasteiger charge is -2.42. The van der Waals surface area contributed by atoms with Gasteiger partial charge in [0.15, 0.2) is 0 Å². The number of nitrogens with one attached hydrogen (secondary N) is 3. The van der Waals surface area contributed by atoms with Crippen molar-refractivity contribution in [1.82, 2.24) is 20.4 Å². The van der Waals surface area contributed by atoms with E-state index in [0.29, 0.717) is 25.2 Å². The Morgan fingerprint density at radius 3 is 2.56 bits per heavy atom. The molecule has 2 heterocycles. The van der Waals surface area contributed by atoms with E-state index in [1.54, 1.807) is 23.0 Å². The van der Waals surface area contributed by atoms with E-state index in [0.717, 1.165) is 25.7 Å². The van der Waals surface area contributed by atoms with E-state index >= 15 is 0 Å². The standard InChI is InChI=1S/C22H26F3N5O4/c1-34-14-10-29(11-14)21(33)27-16-4-2-3-5-17(16)30-9-13-7-6-12(8-15(13)19(30)31)18(26)28-20(32)22(23,24)25/h6-8,14,16-17H,2-5,9-11H2,1H3,(H,27,33)(H2,26,28,32). The van der Waals surface area contributed by atoms with Crippen LogP contribution in [0.25, 0.3) is 0 Å². The number of carbonyl (C=O) groups is 3. The van der Waals surface area contributed by atoms with Crippen LogP contribution in [0.5, 0.6) is 0 Å². The number of urea groups is 1. The van der Waals surface area contributed by atoms with Gasteiger partial charge in [0, 0.05) is 24.8 Å². The molecule has 3 aliphatic rings. The molecule has 1 saturated carbocycles. The van der Waals surface area contributed by atoms with Crippen LogP contribution in [0.4, 0.5) is 18.0 Å². The second kappa shape index (κ2) is 9.24. The molecular formula is C22H26F3N5O4. The molecule has 2 aliphatic heterocycles. The molecule has 0 bridgehead atoms. The summed E-state index contributed by atoms with van der Waals surface area (Å²) in [5.74, 6) is -3.28. The van der Waals surface area contributed by atoms with E-state index in [1.165, 1.54) is 17.4 Å². The van der Waals surface area contributed by atoms with Crippen molar-refractivity contribution in [2.24, 2.45) is 0 Å². The van der Waals surface area contributed by atoms with Gasteiger partial charge in [0.2, 0.25) is 0 Å². The number of rotatable bonds is 4. The van der Waals surface area contributed by atoms with Crippen LogP contribution in [0.3, 0.4) is 0 Å². The van der Waals surface area contributed by atoms with Crippen LogP contribution in [0.15, 0.2) is 18.2 Å². The van der Waals surface area contributed by atoms with E-state index in [9.17, 15) is 27.6 Å². The molecule has 184 valence electrons. The third-order valence-corrected chi connectivity index (χ3v) is 6.63. The smallest absolute Gasteiger partial charge is 0.378 e. The number of hydrogen-bond donors (Lipinski definition) is 3. The fraction of sp³-hybridized carbons (Fsp3) is 0.545. The number of likely N-dealkylation sites (tertiary alicyclic amines) is 1. The molecule has 12 heteroatoms. The van der Waals surface area contributed by atoms with Crippen LogP contribution < -0.4 is 10.6 Å². The summed E-state index contributed by atoms with van der Waals surface area (Å²) in [6.07, 6.45) is -1.79. The Kier molecular flexibility index (Phi) is 6.52. The Balaban J connectivity index is 1.44. The SMILES string of the molecule is COC1CN(C(=O)NC2CCCCC2N2Cc3ccc(C(=N)NC(=O)C(F)(F)F)cc3C2=O)C1. The summed E-state index contributed by atoms with van der Waals surface area (Å²) >= 11 is 0. The summed E-state index contributed by atoms with van der Waals surface area (Å²) in [6.45, 7) is 1.35. The maximum Gasteiger partial charge on any atom is 0.471 e. The Labute approximate surface area is 194 Å². The molecule has 9 nitrogen and oxygen atoms in total. The first kappa shape index (κ1) is 24.0. The highest BCUT2D eigenvalue weighted by molar-refractivity contribution is 6.09. The lowest BCUT2D eigenvalue weighted by molar-refractivity contribution is -0.171. The van der Waals surface area contributed by atoms with E-state index in [4.69, 9.17) is 10.1 Å². The molecule has 34 heavy (non-hydrogen) atoms. The third kappa shape index (κ3) is 4.72. The molecule has 0 radical (unpaired) electrons. The number of benzene rings is 1. The predicted octanol–water partition coefficient (Wildman–Crippen LogP) is 2.00. The monoisotopic (exact) mass is 481 g/mol. The van der Waals surface area contributed by atoms with Crippen molar-refractivity contribution >= 4 is 23.7 Å². The van der Waals surface area contributed by atoms with Gasteiger partial charge in [0.25, 0.3) is 5.91 Å². The molecular weight excluding hydrogens is 455 g/mol. The van der Waals surface area contributed by atoms with Crippen LogP contribution in [-0.4, -0.2) is 78.0 Å². The molecule has 1 aromatic carbocycles. The normalized spacial score (nSPS) is 22.8. The predicted molar refractivity (Wildman–Crippen MR) is 114 cm³/mol. The molecule has 1 saturated heterocycles. The second-order valence-corrected chi connectivity index (χ2v) is 8.80. The number of nitrogens with zero attached hydrogens (tertiary/aromatic N) is 2. The number of methoxy groups -OCH3 is 1. The molecule has 2 fully saturated rings. The third-order valence-electron chi connectivity index (χ3n) is 6.63. The Hall–Kier alpha value is -3.15. The van der Waals surface area contributed by atoms with E-state index in [1.807, 2.05) is 0 Å². The average Bonchev–Trinajstić information content (AvgIpc) is 3.08. The molecule has 0 spiro atoms. The minimum atomic E-state index is -5.11. The van der Waals surface area contributed by atoms with Gasteiger partial charge in [-0.2, -0.15) is 13.2 Å². The summed E-state index contributed by atoms with van der Waals surface area (Å²) in [5.41, 5.74) is 0.973. The molecule has 4 amide bonds. The van der Waals surface area contributed by atoms with Crippen molar-refractivity contribution in [2.75, 3.05) is 20.2 Å². The number of fused-ring (bicyclic) bond motifs is 1. The van der Waals surface area contributed by atoms with Crippen LogP contribution >= 0.6 is 0 Å². The molecule has 2 unspecified atom stereocenters. The van der Waals surface area contributed by atoms with Crippen molar-refractivity contribution in [3.8, 4) is 0 Å². The average molecular weight is 481 g/mol. The van der Waals surface area contributed by atoms with Gasteiger partial charge < -0.3 is 25.2 Å². The van der Waals surface area contributed by atoms with Crippen molar-refractivity contribution in [2.45, 2.75) is 56.6 Å². The number of alkyl halides is 3. The first-order valence-corrected chi connectivity index (χ1v) is 11.1. The van der Waals surface area contributed by atoms with Crippen molar-refractivity contribution in [3.63, 3.8) is 0 Å². The van der Waals surface area contributed by atoms with Crippen LogP contribution in [-0.2, 0) is 16.1 Å². The first-order chi connectivity index (χ1) is 16.1. The fourth-order valence-corrected chi connectivity index (χ4v) is 4.66. The van der Waals surface area contributed by atoms with Crippen molar-refractivity contribution in [1.29, 1.82) is 5.41 Å². The molecule has 0 aromatic heterocycles. The Bertz CT molecular complexity index is 1010. The highest BCUT2D eigenvalue weighted by atomic mass is 19.4. The number of ether oxygens (including phenoxy) is 1. The lowest BCUT2D eigenvalue weighted by atomic mass is 9.89. The van der Waals surface area contributed by atoms with Gasteiger partial charge in [0.1, 0.15) is 5.84 Å². The molecule has 1 aliphatic carbocycles. The first-order valence-electron chi connectivity index (χ1n) is 11.1. The summed E-state index contributed by atoms with van der Waals surface area (Å²) in [4.78, 5) is 40.3. The maximum absolute atomic E-state index is 13.2. The molecule has 3 N–H and O–H groups in total. The number of halogens is 3. The minimum absolute atomic E-state index is 0.00512. The van der Waals surface area contributed by atoms with Crippen LogP contribution in [0.1, 0.15) is 47.2 Å². The largest absolute Gasteiger partial charge is 0.471 e. The number of carbonyl (C=O) groups excluding carboxylic acids is 3. The number of amidine groups is 1. The second-order valence-electron chi connectivity index (χ2n) is 8.80. The van der Waals surface area contributed by atoms with Gasteiger partial charge in [-0.05, 0) is 24.5 Å².